The molecular weight excluding hydrogens is 310 g/mol. The average Bonchev–Trinajstić information content (AvgIpc) is 2.43. The molecule has 0 bridgehead atoms. The van der Waals surface area contributed by atoms with Crippen molar-refractivity contribution in [2.75, 3.05) is 19.8 Å². The predicted octanol–water partition coefficient (Wildman–Crippen LogP) is 0.995. The van der Waals surface area contributed by atoms with E-state index in [9.17, 15) is 9.59 Å². The fourth-order valence-corrected chi connectivity index (χ4v) is 4.84. The first-order valence-electron chi connectivity index (χ1n) is 7.23. The van der Waals surface area contributed by atoms with Gasteiger partial charge < -0.3 is 28.8 Å². The monoisotopic (exact) mass is 335 g/mol. The Bertz CT molecular complexity index is 383. The standard InChI is InChI=1S/C13H25NO7Si/c1-5-11(14-10(13(17)18)9-12(15)16)22(19-6-2,20-7-3)21-8-4/h9,11,14H,5-8H2,1-4H3,(H,15,16)(H,17,18). The number of aliphatic carboxylic acids is 2. The van der Waals surface area contributed by atoms with Crippen molar-refractivity contribution in [2.45, 2.75) is 39.8 Å². The Morgan fingerprint density at radius 2 is 1.50 bits per heavy atom. The molecule has 3 N–H and O–H groups in total. The topological polar surface area (TPSA) is 114 Å². The molecule has 0 aromatic carbocycles. The van der Waals surface area contributed by atoms with Gasteiger partial charge in [0.2, 0.25) is 0 Å². The maximum absolute atomic E-state index is 11.2. The average molecular weight is 335 g/mol. The van der Waals surface area contributed by atoms with Crippen molar-refractivity contribution in [1.82, 2.24) is 5.32 Å². The van der Waals surface area contributed by atoms with Gasteiger partial charge in [-0.3, -0.25) is 0 Å². The molecule has 0 saturated carbocycles. The van der Waals surface area contributed by atoms with Gasteiger partial charge in [-0.15, -0.1) is 0 Å². The van der Waals surface area contributed by atoms with E-state index in [1.165, 1.54) is 0 Å². The summed E-state index contributed by atoms with van der Waals surface area (Å²) >= 11 is 0. The summed E-state index contributed by atoms with van der Waals surface area (Å²) < 4.78 is 17.1. The third kappa shape index (κ3) is 6.14. The lowest BCUT2D eigenvalue weighted by molar-refractivity contribution is -0.135. The van der Waals surface area contributed by atoms with Crippen LogP contribution in [0.5, 0.6) is 0 Å². The summed E-state index contributed by atoms with van der Waals surface area (Å²) in [6, 6.07) is 0. The first-order chi connectivity index (χ1) is 10.4. The van der Waals surface area contributed by atoms with Crippen LogP contribution in [0.1, 0.15) is 34.1 Å². The molecule has 0 rings (SSSR count). The van der Waals surface area contributed by atoms with Crippen molar-refractivity contribution < 1.29 is 33.1 Å². The maximum atomic E-state index is 11.2. The molecule has 0 aromatic rings. The van der Waals surface area contributed by atoms with E-state index in [4.69, 9.17) is 23.5 Å². The second-order valence-electron chi connectivity index (χ2n) is 4.21. The number of hydrogen-bond acceptors (Lipinski definition) is 6. The van der Waals surface area contributed by atoms with E-state index in [-0.39, 0.29) is 0 Å². The van der Waals surface area contributed by atoms with Crippen LogP contribution in [0.15, 0.2) is 11.8 Å². The van der Waals surface area contributed by atoms with Crippen LogP contribution in [0.4, 0.5) is 0 Å². The number of rotatable bonds is 12. The van der Waals surface area contributed by atoms with Crippen LogP contribution in [0.2, 0.25) is 0 Å². The lowest BCUT2D eigenvalue weighted by Gasteiger charge is -2.35. The van der Waals surface area contributed by atoms with E-state index in [2.05, 4.69) is 5.32 Å². The first-order valence-corrected chi connectivity index (χ1v) is 9.03. The predicted molar refractivity (Wildman–Crippen MR) is 81.2 cm³/mol. The summed E-state index contributed by atoms with van der Waals surface area (Å²) in [7, 11) is -3.19. The van der Waals surface area contributed by atoms with Crippen LogP contribution in [0.25, 0.3) is 0 Å². The van der Waals surface area contributed by atoms with Gasteiger partial charge in [0.25, 0.3) is 0 Å². The third-order valence-electron chi connectivity index (χ3n) is 2.70. The van der Waals surface area contributed by atoms with Gasteiger partial charge in [-0.05, 0) is 27.2 Å². The molecule has 8 nitrogen and oxygen atoms in total. The lowest BCUT2D eigenvalue weighted by atomic mass is 10.3. The Balaban J connectivity index is 5.52. The SMILES string of the molecule is CCO[Si](OCC)(OCC)C(CC)NC(=CC(=O)O)C(=O)O. The molecule has 0 fully saturated rings. The van der Waals surface area contributed by atoms with E-state index in [1.807, 2.05) is 6.92 Å². The second kappa shape index (κ2) is 10.3. The molecule has 0 aliphatic heterocycles. The Morgan fingerprint density at radius 3 is 1.77 bits per heavy atom. The molecule has 22 heavy (non-hydrogen) atoms. The first kappa shape index (κ1) is 20.6. The summed E-state index contributed by atoms with van der Waals surface area (Å²) in [6.07, 6.45) is 1.06. The van der Waals surface area contributed by atoms with Gasteiger partial charge in [-0.1, -0.05) is 6.92 Å². The van der Waals surface area contributed by atoms with Crippen LogP contribution in [0.3, 0.4) is 0 Å². The highest BCUT2D eigenvalue weighted by atomic mass is 28.4. The summed E-state index contributed by atoms with van der Waals surface area (Å²) in [5.74, 6) is -2.72. The van der Waals surface area contributed by atoms with Crippen molar-refractivity contribution in [3.63, 3.8) is 0 Å². The van der Waals surface area contributed by atoms with Crippen molar-refractivity contribution >= 4 is 20.7 Å². The Morgan fingerprint density at radius 1 is 1.05 bits per heavy atom. The molecule has 0 aliphatic carbocycles. The van der Waals surface area contributed by atoms with E-state index in [0.29, 0.717) is 32.3 Å². The van der Waals surface area contributed by atoms with Gasteiger partial charge in [0.05, 0.1) is 11.7 Å². The number of carboxylic acids is 2. The van der Waals surface area contributed by atoms with Gasteiger partial charge >= 0.3 is 20.7 Å². The minimum absolute atomic E-state index is 0.343. The molecule has 0 radical (unpaired) electrons. The number of nitrogens with one attached hydrogen (secondary N) is 1. The second-order valence-corrected chi connectivity index (χ2v) is 6.98. The lowest BCUT2D eigenvalue weighted by Crippen LogP contribution is -2.62. The summed E-state index contributed by atoms with van der Waals surface area (Å²) in [5, 5.41) is 20.6. The maximum Gasteiger partial charge on any atom is 0.524 e. The van der Waals surface area contributed by atoms with Crippen LogP contribution in [0, 0.1) is 0 Å². The largest absolute Gasteiger partial charge is 0.524 e. The highest BCUT2D eigenvalue weighted by molar-refractivity contribution is 6.62. The van der Waals surface area contributed by atoms with Crippen molar-refractivity contribution in [3.05, 3.63) is 11.8 Å². The number of carboxylic acid groups (broad SMARTS) is 2. The molecular formula is C13H25NO7Si. The smallest absolute Gasteiger partial charge is 0.478 e. The van der Waals surface area contributed by atoms with Gasteiger partial charge in [0.15, 0.2) is 0 Å². The van der Waals surface area contributed by atoms with Crippen molar-refractivity contribution in [1.29, 1.82) is 0 Å². The van der Waals surface area contributed by atoms with Crippen molar-refractivity contribution in [2.24, 2.45) is 0 Å². The minimum Gasteiger partial charge on any atom is -0.478 e. The normalized spacial score (nSPS) is 13.7. The third-order valence-corrected chi connectivity index (χ3v) is 6.18. The van der Waals surface area contributed by atoms with E-state index < -0.39 is 32.1 Å². The van der Waals surface area contributed by atoms with Gasteiger partial charge in [0, 0.05) is 19.8 Å². The quantitative estimate of drug-likeness (QED) is 0.357. The summed E-state index contributed by atoms with van der Waals surface area (Å²) in [6.45, 7) is 8.21. The zero-order chi connectivity index (χ0) is 17.2. The highest BCUT2D eigenvalue weighted by Crippen LogP contribution is 2.19. The van der Waals surface area contributed by atoms with Crippen molar-refractivity contribution in [3.8, 4) is 0 Å². The van der Waals surface area contributed by atoms with Crippen LogP contribution < -0.4 is 5.32 Å². The molecule has 0 spiro atoms. The van der Waals surface area contributed by atoms with E-state index in [1.54, 1.807) is 20.8 Å². The molecule has 128 valence electrons. The molecule has 0 aromatic heterocycles. The van der Waals surface area contributed by atoms with Gasteiger partial charge in [-0.25, -0.2) is 9.59 Å². The van der Waals surface area contributed by atoms with Crippen LogP contribution in [-0.4, -0.2) is 56.4 Å². The molecule has 9 heteroatoms. The summed E-state index contributed by atoms with van der Waals surface area (Å²) in [4.78, 5) is 21.9. The Labute approximate surface area is 131 Å². The molecule has 0 amide bonds. The van der Waals surface area contributed by atoms with Crippen LogP contribution >= 0.6 is 0 Å². The Kier molecular flexibility index (Phi) is 9.66. The molecule has 0 aliphatic rings. The molecule has 0 heterocycles. The summed E-state index contributed by atoms with van der Waals surface area (Å²) in [5.41, 5.74) is -0.996. The number of hydrogen-bond donors (Lipinski definition) is 3. The fraction of sp³-hybridized carbons (Fsp3) is 0.692. The van der Waals surface area contributed by atoms with E-state index >= 15 is 0 Å². The fourth-order valence-electron chi connectivity index (χ4n) is 1.95. The zero-order valence-electron chi connectivity index (χ0n) is 13.4. The Hall–Kier alpha value is -1.42. The van der Waals surface area contributed by atoms with E-state index in [0.717, 1.165) is 0 Å². The molecule has 0 saturated heterocycles. The van der Waals surface area contributed by atoms with Gasteiger partial charge in [0.1, 0.15) is 5.70 Å². The van der Waals surface area contributed by atoms with Crippen LogP contribution in [-0.2, 0) is 22.9 Å². The molecule has 1 unspecified atom stereocenters. The number of carbonyl (C=O) groups is 2. The zero-order valence-corrected chi connectivity index (χ0v) is 14.4. The molecule has 1 atom stereocenters. The minimum atomic E-state index is -3.19. The van der Waals surface area contributed by atoms with Gasteiger partial charge in [-0.2, -0.15) is 0 Å². The highest BCUT2D eigenvalue weighted by Gasteiger charge is 2.49.